The Balaban J connectivity index is 1.92. The quantitative estimate of drug-likeness (QED) is 0.736. The van der Waals surface area contributed by atoms with Crippen molar-refractivity contribution in [2.45, 2.75) is 37.9 Å². The highest BCUT2D eigenvalue weighted by Gasteiger charge is 2.24. The van der Waals surface area contributed by atoms with Gasteiger partial charge in [-0.25, -0.2) is 0 Å². The van der Waals surface area contributed by atoms with Gasteiger partial charge in [0.1, 0.15) is 0 Å². The molecule has 1 aliphatic heterocycles. The van der Waals surface area contributed by atoms with E-state index in [-0.39, 0.29) is 0 Å². The first-order valence-electron chi connectivity index (χ1n) is 5.89. The van der Waals surface area contributed by atoms with Crippen LogP contribution in [0.5, 0.6) is 0 Å². The molecule has 0 aromatic heterocycles. The van der Waals surface area contributed by atoms with Gasteiger partial charge in [0.15, 0.2) is 5.78 Å². The highest BCUT2D eigenvalue weighted by molar-refractivity contribution is 7.99. The summed E-state index contributed by atoms with van der Waals surface area (Å²) >= 11 is 2.06. The van der Waals surface area contributed by atoms with E-state index in [4.69, 9.17) is 0 Å². The van der Waals surface area contributed by atoms with E-state index in [1.807, 2.05) is 6.08 Å². The molecule has 0 saturated carbocycles. The van der Waals surface area contributed by atoms with E-state index < -0.39 is 0 Å². The molecule has 2 aliphatic rings. The number of rotatable bonds is 3. The van der Waals surface area contributed by atoms with Gasteiger partial charge in [0.05, 0.1) is 0 Å². The van der Waals surface area contributed by atoms with Gasteiger partial charge in [0, 0.05) is 36.5 Å². The Kier molecular flexibility index (Phi) is 3.73. The average Bonchev–Trinajstić information content (AvgIpc) is 2.66. The van der Waals surface area contributed by atoms with Gasteiger partial charge >= 0.3 is 0 Å². The first kappa shape index (κ1) is 11.1. The predicted molar refractivity (Wildman–Crippen MR) is 65.1 cm³/mol. The van der Waals surface area contributed by atoms with Crippen LogP contribution in [-0.4, -0.2) is 34.8 Å². The van der Waals surface area contributed by atoms with Gasteiger partial charge in [-0.3, -0.25) is 4.79 Å². The third-order valence-corrected chi connectivity index (χ3v) is 4.33. The van der Waals surface area contributed by atoms with Crippen molar-refractivity contribution in [3.05, 3.63) is 11.8 Å². The molecule has 2 rings (SSSR count). The third kappa shape index (κ3) is 2.77. The van der Waals surface area contributed by atoms with Crippen molar-refractivity contribution >= 4 is 17.5 Å². The molecule has 2 nitrogen and oxygen atoms in total. The number of carbonyl (C=O) groups excluding carboxylic acids is 1. The van der Waals surface area contributed by atoms with Crippen LogP contribution in [0.2, 0.25) is 0 Å². The minimum atomic E-state index is 0.315. The first-order chi connectivity index (χ1) is 7.29. The number of piperidine rings is 1. The normalized spacial score (nSPS) is 27.0. The number of carbonyl (C=O) groups is 1. The summed E-state index contributed by atoms with van der Waals surface area (Å²) in [6.07, 6.45) is 6.19. The Morgan fingerprint density at radius 1 is 1.53 bits per heavy atom. The summed E-state index contributed by atoms with van der Waals surface area (Å²) in [4.78, 5) is 13.6. The lowest BCUT2D eigenvalue weighted by Gasteiger charge is -2.34. The zero-order valence-electron chi connectivity index (χ0n) is 9.37. The smallest absolute Gasteiger partial charge is 0.157 e. The molecule has 0 amide bonds. The van der Waals surface area contributed by atoms with Gasteiger partial charge in [-0.05, 0) is 25.0 Å². The van der Waals surface area contributed by atoms with E-state index in [1.54, 1.807) is 0 Å². The van der Waals surface area contributed by atoms with Crippen molar-refractivity contribution in [2.24, 2.45) is 0 Å². The summed E-state index contributed by atoms with van der Waals surface area (Å²) in [5.74, 6) is 1.52. The molecular formula is C12H19NOS. The van der Waals surface area contributed by atoms with Crippen LogP contribution in [0.15, 0.2) is 11.8 Å². The lowest BCUT2D eigenvalue weighted by molar-refractivity contribution is -0.114. The number of likely N-dealkylation sites (tertiary alicyclic amines) is 1. The van der Waals surface area contributed by atoms with Crippen LogP contribution in [0.1, 0.15) is 32.6 Å². The molecule has 84 valence electrons. The molecule has 15 heavy (non-hydrogen) atoms. The van der Waals surface area contributed by atoms with Gasteiger partial charge in [-0.15, -0.1) is 0 Å². The van der Waals surface area contributed by atoms with Crippen LogP contribution in [-0.2, 0) is 4.79 Å². The molecule has 1 atom stereocenters. The van der Waals surface area contributed by atoms with Gasteiger partial charge in [0.2, 0.25) is 0 Å². The monoisotopic (exact) mass is 225 g/mol. The summed E-state index contributed by atoms with van der Waals surface area (Å²) in [7, 11) is 0. The molecule has 0 spiro atoms. The second-order valence-corrected chi connectivity index (χ2v) is 5.84. The fourth-order valence-electron chi connectivity index (χ4n) is 2.40. The van der Waals surface area contributed by atoms with Crippen molar-refractivity contribution in [3.8, 4) is 0 Å². The number of ketones is 1. The molecular weight excluding hydrogens is 206 g/mol. The van der Waals surface area contributed by atoms with E-state index >= 15 is 0 Å². The summed E-state index contributed by atoms with van der Waals surface area (Å²) in [5, 5.41) is 0.778. The topological polar surface area (TPSA) is 20.3 Å². The van der Waals surface area contributed by atoms with E-state index in [0.717, 1.165) is 31.2 Å². The van der Waals surface area contributed by atoms with Gasteiger partial charge < -0.3 is 4.90 Å². The summed E-state index contributed by atoms with van der Waals surface area (Å²) < 4.78 is 0. The maximum Gasteiger partial charge on any atom is 0.157 e. The van der Waals surface area contributed by atoms with Crippen LogP contribution in [0.3, 0.4) is 0 Å². The predicted octanol–water partition coefficient (Wildman–Crippen LogP) is 2.45. The number of nitrogens with zero attached hydrogens (tertiary/aromatic N) is 1. The Bertz CT molecular complexity index is 273. The highest BCUT2D eigenvalue weighted by Crippen LogP contribution is 2.28. The third-order valence-electron chi connectivity index (χ3n) is 3.14. The fraction of sp³-hybridized carbons (Fsp3) is 0.750. The standard InChI is InChI=1S/C12H19NOS/c1-2-15-12-4-3-7-13(9-12)10-5-6-11(14)8-10/h8,12H,2-7,9H2,1H3. The van der Waals surface area contributed by atoms with Crippen molar-refractivity contribution in [1.29, 1.82) is 0 Å². The van der Waals surface area contributed by atoms with Crippen LogP contribution in [0, 0.1) is 0 Å². The molecule has 1 aliphatic carbocycles. The van der Waals surface area contributed by atoms with E-state index in [1.165, 1.54) is 24.3 Å². The summed E-state index contributed by atoms with van der Waals surface area (Å²) in [6.45, 7) is 4.53. The minimum Gasteiger partial charge on any atom is -0.374 e. The minimum absolute atomic E-state index is 0.315. The maximum absolute atomic E-state index is 11.2. The van der Waals surface area contributed by atoms with Gasteiger partial charge in [0.25, 0.3) is 0 Å². The Hall–Kier alpha value is -0.440. The Morgan fingerprint density at radius 3 is 3.07 bits per heavy atom. The van der Waals surface area contributed by atoms with Crippen molar-refractivity contribution in [1.82, 2.24) is 4.90 Å². The largest absolute Gasteiger partial charge is 0.374 e. The van der Waals surface area contributed by atoms with Crippen LogP contribution < -0.4 is 0 Å². The Labute approximate surface area is 96.1 Å². The van der Waals surface area contributed by atoms with E-state index in [2.05, 4.69) is 23.6 Å². The molecule has 1 heterocycles. The highest BCUT2D eigenvalue weighted by atomic mass is 32.2. The molecule has 3 heteroatoms. The molecule has 0 N–H and O–H groups in total. The number of allylic oxidation sites excluding steroid dienone is 2. The summed E-state index contributed by atoms with van der Waals surface area (Å²) in [5.41, 5.74) is 1.29. The van der Waals surface area contributed by atoms with Gasteiger partial charge in [-0.1, -0.05) is 6.92 Å². The second-order valence-electron chi connectivity index (χ2n) is 4.27. The first-order valence-corrected chi connectivity index (χ1v) is 6.94. The number of thioether (sulfide) groups is 1. The van der Waals surface area contributed by atoms with E-state index in [0.29, 0.717) is 5.78 Å². The SMILES string of the molecule is CCSC1CCCN(C2=CC(=O)CC2)C1. The summed E-state index contributed by atoms with van der Waals surface area (Å²) in [6, 6.07) is 0. The van der Waals surface area contributed by atoms with Crippen molar-refractivity contribution < 1.29 is 4.79 Å². The van der Waals surface area contributed by atoms with Crippen LogP contribution in [0.4, 0.5) is 0 Å². The Morgan fingerprint density at radius 2 is 2.40 bits per heavy atom. The lowest BCUT2D eigenvalue weighted by Crippen LogP contribution is -2.36. The molecule has 0 bridgehead atoms. The van der Waals surface area contributed by atoms with Crippen molar-refractivity contribution in [3.63, 3.8) is 0 Å². The van der Waals surface area contributed by atoms with Crippen molar-refractivity contribution in [2.75, 3.05) is 18.8 Å². The molecule has 1 fully saturated rings. The lowest BCUT2D eigenvalue weighted by atomic mass is 10.1. The molecule has 0 aromatic carbocycles. The zero-order chi connectivity index (χ0) is 10.7. The average molecular weight is 225 g/mol. The van der Waals surface area contributed by atoms with E-state index in [9.17, 15) is 4.79 Å². The number of hydrogen-bond acceptors (Lipinski definition) is 3. The van der Waals surface area contributed by atoms with Crippen LogP contribution >= 0.6 is 11.8 Å². The van der Waals surface area contributed by atoms with Crippen LogP contribution in [0.25, 0.3) is 0 Å². The molecule has 0 aromatic rings. The number of hydrogen-bond donors (Lipinski definition) is 0. The maximum atomic E-state index is 11.2. The molecule has 1 saturated heterocycles. The fourth-order valence-corrected chi connectivity index (χ4v) is 3.49. The zero-order valence-corrected chi connectivity index (χ0v) is 10.2. The second kappa shape index (κ2) is 5.06. The van der Waals surface area contributed by atoms with Gasteiger partial charge in [-0.2, -0.15) is 11.8 Å². The molecule has 0 radical (unpaired) electrons. The molecule has 1 unspecified atom stereocenters.